The number of halogens is 2. The number of carbonyl (C=O) groups is 1. The first-order valence-electron chi connectivity index (χ1n) is 6.66. The monoisotopic (exact) mass is 357 g/mol. The van der Waals surface area contributed by atoms with Crippen LogP contribution < -0.4 is 5.32 Å². The quantitative estimate of drug-likeness (QED) is 0.812. The number of benzene rings is 1. The van der Waals surface area contributed by atoms with E-state index in [0.717, 1.165) is 4.47 Å². The normalized spacial score (nSPS) is 25.4. The maximum Gasteiger partial charge on any atom is 0.244 e. The minimum Gasteiger partial charge on any atom is -0.385 e. The molecule has 0 spiro atoms. The SMILES string of the molecule is CC1OCCC1(O)CNC(=O)/C=C/c1cc(Br)ccc1F. The molecule has 4 nitrogen and oxygen atoms in total. The lowest BCUT2D eigenvalue weighted by atomic mass is 9.97. The first-order valence-corrected chi connectivity index (χ1v) is 7.45. The lowest BCUT2D eigenvalue weighted by molar-refractivity contribution is -0.118. The Morgan fingerprint density at radius 2 is 2.43 bits per heavy atom. The molecule has 0 aromatic heterocycles. The molecule has 0 saturated carbocycles. The zero-order valence-electron chi connectivity index (χ0n) is 11.6. The van der Waals surface area contributed by atoms with Gasteiger partial charge in [-0.05, 0) is 31.2 Å². The minimum absolute atomic E-state index is 0.109. The number of carbonyl (C=O) groups excluding carboxylic acids is 1. The van der Waals surface area contributed by atoms with E-state index in [9.17, 15) is 14.3 Å². The highest BCUT2D eigenvalue weighted by atomic mass is 79.9. The Kier molecular flexibility index (Phi) is 5.13. The van der Waals surface area contributed by atoms with E-state index in [2.05, 4.69) is 21.2 Å². The third-order valence-electron chi connectivity index (χ3n) is 3.60. The van der Waals surface area contributed by atoms with Crippen molar-refractivity contribution in [2.75, 3.05) is 13.2 Å². The van der Waals surface area contributed by atoms with Gasteiger partial charge in [0.25, 0.3) is 0 Å². The van der Waals surface area contributed by atoms with Crippen LogP contribution in [-0.2, 0) is 9.53 Å². The lowest BCUT2D eigenvalue weighted by Gasteiger charge is -2.25. The van der Waals surface area contributed by atoms with Crippen LogP contribution in [0.3, 0.4) is 0 Å². The Bertz CT molecular complexity index is 564. The summed E-state index contributed by atoms with van der Waals surface area (Å²) in [4.78, 5) is 11.7. The van der Waals surface area contributed by atoms with Gasteiger partial charge in [-0.15, -0.1) is 0 Å². The smallest absolute Gasteiger partial charge is 0.244 e. The molecule has 2 rings (SSSR count). The van der Waals surface area contributed by atoms with Crippen molar-refractivity contribution < 1.29 is 19.0 Å². The van der Waals surface area contributed by atoms with E-state index in [4.69, 9.17) is 4.74 Å². The molecule has 2 N–H and O–H groups in total. The second kappa shape index (κ2) is 6.68. The van der Waals surface area contributed by atoms with Gasteiger partial charge >= 0.3 is 0 Å². The van der Waals surface area contributed by atoms with Crippen molar-refractivity contribution in [3.05, 3.63) is 40.1 Å². The predicted molar refractivity (Wildman–Crippen MR) is 81.1 cm³/mol. The molecule has 114 valence electrons. The molecule has 1 aromatic rings. The summed E-state index contributed by atoms with van der Waals surface area (Å²) in [5.41, 5.74) is -0.722. The molecular formula is C15H17BrFNO3. The predicted octanol–water partition coefficient (Wildman–Crippen LogP) is 2.26. The number of ether oxygens (including phenoxy) is 1. The van der Waals surface area contributed by atoms with Gasteiger partial charge in [-0.25, -0.2) is 4.39 Å². The first kappa shape index (κ1) is 16.1. The largest absolute Gasteiger partial charge is 0.385 e. The third kappa shape index (κ3) is 4.12. The van der Waals surface area contributed by atoms with Gasteiger partial charge in [0.2, 0.25) is 5.91 Å². The second-order valence-electron chi connectivity index (χ2n) is 5.08. The van der Waals surface area contributed by atoms with E-state index in [1.165, 1.54) is 18.2 Å². The molecule has 6 heteroatoms. The number of hydrogen-bond donors (Lipinski definition) is 2. The Morgan fingerprint density at radius 3 is 3.10 bits per heavy atom. The molecule has 0 aliphatic carbocycles. The maximum absolute atomic E-state index is 13.5. The average molecular weight is 358 g/mol. The van der Waals surface area contributed by atoms with Crippen molar-refractivity contribution in [3.8, 4) is 0 Å². The number of rotatable bonds is 4. The third-order valence-corrected chi connectivity index (χ3v) is 4.09. The van der Waals surface area contributed by atoms with Gasteiger partial charge in [-0.2, -0.15) is 0 Å². The van der Waals surface area contributed by atoms with E-state index >= 15 is 0 Å². The van der Waals surface area contributed by atoms with Crippen molar-refractivity contribution in [1.29, 1.82) is 0 Å². The van der Waals surface area contributed by atoms with Crippen LogP contribution in [0.25, 0.3) is 6.08 Å². The van der Waals surface area contributed by atoms with Crippen LogP contribution >= 0.6 is 15.9 Å². The van der Waals surface area contributed by atoms with E-state index in [0.29, 0.717) is 18.6 Å². The fourth-order valence-electron chi connectivity index (χ4n) is 2.11. The number of nitrogens with one attached hydrogen (secondary N) is 1. The highest BCUT2D eigenvalue weighted by Crippen LogP contribution is 2.24. The van der Waals surface area contributed by atoms with Crippen LogP contribution in [0, 0.1) is 5.82 Å². The van der Waals surface area contributed by atoms with Gasteiger partial charge in [0, 0.05) is 35.7 Å². The van der Waals surface area contributed by atoms with E-state index in [-0.39, 0.29) is 18.6 Å². The highest BCUT2D eigenvalue weighted by Gasteiger charge is 2.39. The van der Waals surface area contributed by atoms with Crippen LogP contribution in [-0.4, -0.2) is 35.9 Å². The summed E-state index contributed by atoms with van der Waals surface area (Å²) < 4.78 is 19.5. The average Bonchev–Trinajstić information content (AvgIpc) is 2.78. The molecular weight excluding hydrogens is 341 g/mol. The zero-order chi connectivity index (χ0) is 15.5. The van der Waals surface area contributed by atoms with Crippen molar-refractivity contribution in [3.63, 3.8) is 0 Å². The Morgan fingerprint density at radius 1 is 1.67 bits per heavy atom. The molecule has 0 bridgehead atoms. The van der Waals surface area contributed by atoms with Gasteiger partial charge in [0.1, 0.15) is 11.4 Å². The zero-order valence-corrected chi connectivity index (χ0v) is 13.2. The summed E-state index contributed by atoms with van der Waals surface area (Å²) in [5.74, 6) is -0.791. The molecule has 1 heterocycles. The van der Waals surface area contributed by atoms with E-state index in [1.54, 1.807) is 19.1 Å². The van der Waals surface area contributed by atoms with Gasteiger partial charge in [-0.1, -0.05) is 15.9 Å². The van der Waals surface area contributed by atoms with E-state index in [1.807, 2.05) is 0 Å². The molecule has 1 aromatic carbocycles. The Balaban J connectivity index is 1.92. The van der Waals surface area contributed by atoms with Crippen molar-refractivity contribution in [1.82, 2.24) is 5.32 Å². The summed E-state index contributed by atoms with van der Waals surface area (Å²) in [5, 5.41) is 12.9. The fraction of sp³-hybridized carbons (Fsp3) is 0.400. The van der Waals surface area contributed by atoms with E-state index < -0.39 is 11.4 Å². The highest BCUT2D eigenvalue weighted by molar-refractivity contribution is 9.10. The molecule has 1 amide bonds. The van der Waals surface area contributed by atoms with Gasteiger partial charge in [0.05, 0.1) is 6.10 Å². The lowest BCUT2D eigenvalue weighted by Crippen LogP contribution is -2.47. The summed E-state index contributed by atoms with van der Waals surface area (Å²) >= 11 is 3.24. The molecule has 0 radical (unpaired) electrons. The van der Waals surface area contributed by atoms with Crippen LogP contribution in [0.1, 0.15) is 18.9 Å². The first-order chi connectivity index (χ1) is 9.90. The summed E-state index contributed by atoms with van der Waals surface area (Å²) in [7, 11) is 0. The van der Waals surface area contributed by atoms with Crippen LogP contribution in [0.5, 0.6) is 0 Å². The topological polar surface area (TPSA) is 58.6 Å². The van der Waals surface area contributed by atoms with Gasteiger partial charge in [0.15, 0.2) is 0 Å². The summed E-state index contributed by atoms with van der Waals surface area (Å²) in [6, 6.07) is 4.49. The molecule has 1 aliphatic heterocycles. The molecule has 2 atom stereocenters. The Hall–Kier alpha value is -1.24. The molecule has 2 unspecified atom stereocenters. The number of amides is 1. The molecule has 1 saturated heterocycles. The second-order valence-corrected chi connectivity index (χ2v) is 6.00. The molecule has 21 heavy (non-hydrogen) atoms. The van der Waals surface area contributed by atoms with Gasteiger partial charge in [-0.3, -0.25) is 4.79 Å². The fourth-order valence-corrected chi connectivity index (χ4v) is 2.49. The maximum atomic E-state index is 13.5. The van der Waals surface area contributed by atoms with Crippen molar-refractivity contribution in [2.24, 2.45) is 0 Å². The summed E-state index contributed by atoms with van der Waals surface area (Å²) in [6.45, 7) is 2.36. The van der Waals surface area contributed by atoms with Crippen molar-refractivity contribution >= 4 is 27.9 Å². The molecule has 1 aliphatic rings. The van der Waals surface area contributed by atoms with Crippen LogP contribution in [0.2, 0.25) is 0 Å². The Labute approximate surface area is 131 Å². The number of hydrogen-bond acceptors (Lipinski definition) is 3. The molecule has 1 fully saturated rings. The van der Waals surface area contributed by atoms with Crippen LogP contribution in [0.4, 0.5) is 4.39 Å². The van der Waals surface area contributed by atoms with Crippen molar-refractivity contribution in [2.45, 2.75) is 25.0 Å². The minimum atomic E-state index is -1.04. The summed E-state index contributed by atoms with van der Waals surface area (Å²) in [6.07, 6.45) is 2.81. The van der Waals surface area contributed by atoms with Crippen LogP contribution in [0.15, 0.2) is 28.7 Å². The standard InChI is InChI=1S/C15H17BrFNO3/c1-10-15(20,6-7-21-10)9-18-14(19)5-2-11-8-12(16)3-4-13(11)17/h2-5,8,10,20H,6-7,9H2,1H3,(H,18,19)/b5-2+. The number of aliphatic hydroxyl groups is 1. The van der Waals surface area contributed by atoms with Gasteiger partial charge < -0.3 is 15.2 Å².